The number of carbonyl (C=O) groups is 1. The van der Waals surface area contributed by atoms with Gasteiger partial charge >= 0.3 is 18.1 Å². The Labute approximate surface area is 129 Å². The first-order valence-corrected chi connectivity index (χ1v) is 6.95. The van der Waals surface area contributed by atoms with Crippen LogP contribution in [0.25, 0.3) is 0 Å². The third-order valence-corrected chi connectivity index (χ3v) is 3.12. The van der Waals surface area contributed by atoms with E-state index in [1.165, 1.54) is 18.2 Å². The van der Waals surface area contributed by atoms with Gasteiger partial charge in [-0.2, -0.15) is 13.2 Å². The molecule has 2 amide bonds. The van der Waals surface area contributed by atoms with Crippen LogP contribution in [0.1, 0.15) is 19.8 Å². The lowest BCUT2D eigenvalue weighted by Crippen LogP contribution is -2.66. The second kappa shape index (κ2) is 6.12. The van der Waals surface area contributed by atoms with Gasteiger partial charge in [-0.15, -0.1) is 0 Å². The van der Waals surface area contributed by atoms with Crippen LogP contribution in [0, 0.1) is 0 Å². The predicted molar refractivity (Wildman–Crippen MR) is 72.9 cm³/mol. The van der Waals surface area contributed by atoms with Crippen molar-refractivity contribution < 1.29 is 27.4 Å². The molecule has 0 saturated heterocycles. The Kier molecular flexibility index (Phi) is 4.60. The van der Waals surface area contributed by atoms with Crippen molar-refractivity contribution in [2.75, 3.05) is 6.54 Å². The molecule has 2 rings (SSSR count). The number of ether oxygens (including phenoxy) is 2. The van der Waals surface area contributed by atoms with Gasteiger partial charge in [-0.1, -0.05) is 24.9 Å². The summed E-state index contributed by atoms with van der Waals surface area (Å²) in [4.78, 5) is 11.6. The van der Waals surface area contributed by atoms with E-state index in [1.54, 1.807) is 5.32 Å². The van der Waals surface area contributed by atoms with Crippen molar-refractivity contribution in [1.29, 1.82) is 0 Å². The molecule has 1 aromatic carbocycles. The molecule has 22 heavy (non-hydrogen) atoms. The first-order valence-electron chi connectivity index (χ1n) is 6.58. The Morgan fingerprint density at radius 1 is 1.32 bits per heavy atom. The number of alkyl halides is 3. The lowest BCUT2D eigenvalue weighted by atomic mass is 10.3. The molecule has 0 unspecified atom stereocenters. The number of hydrogen-bond acceptors (Lipinski definition) is 3. The zero-order valence-electron chi connectivity index (χ0n) is 11.6. The Balaban J connectivity index is 2.17. The molecule has 0 radical (unpaired) electrons. The average Bonchev–Trinajstić information content (AvgIpc) is 2.77. The summed E-state index contributed by atoms with van der Waals surface area (Å²) in [6.45, 7) is 2.13. The SMILES string of the molecule is CCCCNC(=O)N[C@@]1(C(F)(F)F)Oc2ccc(Cl)cc2O1. The highest BCUT2D eigenvalue weighted by Crippen LogP contribution is 2.45. The summed E-state index contributed by atoms with van der Waals surface area (Å²) in [6, 6.07) is 2.74. The highest BCUT2D eigenvalue weighted by Gasteiger charge is 2.65. The van der Waals surface area contributed by atoms with Gasteiger partial charge in [0.05, 0.1) is 0 Å². The van der Waals surface area contributed by atoms with Crippen molar-refractivity contribution in [1.82, 2.24) is 10.6 Å². The summed E-state index contributed by atoms with van der Waals surface area (Å²) in [6.07, 6.45) is -3.55. The summed E-state index contributed by atoms with van der Waals surface area (Å²) in [5.74, 6) is -3.62. The van der Waals surface area contributed by atoms with Crippen molar-refractivity contribution in [3.05, 3.63) is 23.2 Å². The van der Waals surface area contributed by atoms with E-state index >= 15 is 0 Å². The van der Waals surface area contributed by atoms with Crippen LogP contribution in [-0.2, 0) is 0 Å². The zero-order chi connectivity index (χ0) is 16.4. The van der Waals surface area contributed by atoms with Gasteiger partial charge in [-0.3, -0.25) is 5.32 Å². The molecule has 0 aromatic heterocycles. The van der Waals surface area contributed by atoms with E-state index in [1.807, 2.05) is 6.92 Å². The fourth-order valence-electron chi connectivity index (χ4n) is 1.79. The monoisotopic (exact) mass is 338 g/mol. The van der Waals surface area contributed by atoms with Crippen molar-refractivity contribution in [2.45, 2.75) is 31.9 Å². The quantitative estimate of drug-likeness (QED) is 0.827. The van der Waals surface area contributed by atoms with E-state index in [0.29, 0.717) is 6.42 Å². The molecule has 0 fully saturated rings. The van der Waals surface area contributed by atoms with Gasteiger partial charge in [-0.05, 0) is 18.6 Å². The Morgan fingerprint density at radius 3 is 2.64 bits per heavy atom. The molecular weight excluding hydrogens is 325 g/mol. The van der Waals surface area contributed by atoms with Crippen LogP contribution in [0.3, 0.4) is 0 Å². The lowest BCUT2D eigenvalue weighted by Gasteiger charge is -2.29. The molecule has 9 heteroatoms. The molecule has 1 aromatic rings. The minimum absolute atomic E-state index is 0.157. The first-order chi connectivity index (χ1) is 10.3. The van der Waals surface area contributed by atoms with Crippen LogP contribution >= 0.6 is 11.6 Å². The topological polar surface area (TPSA) is 59.6 Å². The molecule has 0 aliphatic carbocycles. The van der Waals surface area contributed by atoms with Crippen LogP contribution < -0.4 is 20.1 Å². The van der Waals surface area contributed by atoms with Crippen molar-refractivity contribution >= 4 is 17.6 Å². The largest absolute Gasteiger partial charge is 0.492 e. The zero-order valence-corrected chi connectivity index (χ0v) is 12.3. The summed E-state index contributed by atoms with van der Waals surface area (Å²) < 4.78 is 49.5. The first kappa shape index (κ1) is 16.5. The minimum Gasteiger partial charge on any atom is -0.424 e. The van der Waals surface area contributed by atoms with E-state index in [-0.39, 0.29) is 23.1 Å². The minimum atomic E-state index is -4.99. The molecule has 1 heterocycles. The third-order valence-electron chi connectivity index (χ3n) is 2.88. The summed E-state index contributed by atoms with van der Waals surface area (Å²) >= 11 is 5.70. The van der Waals surface area contributed by atoms with Crippen LogP contribution in [0.4, 0.5) is 18.0 Å². The fraction of sp³-hybridized carbons (Fsp3) is 0.462. The number of hydrogen-bond donors (Lipinski definition) is 2. The van der Waals surface area contributed by atoms with E-state index in [2.05, 4.69) is 5.32 Å². The van der Waals surface area contributed by atoms with Gasteiger partial charge in [0.15, 0.2) is 11.5 Å². The average molecular weight is 339 g/mol. The Bertz CT molecular complexity index is 568. The Morgan fingerprint density at radius 2 is 2.00 bits per heavy atom. The van der Waals surface area contributed by atoms with E-state index in [4.69, 9.17) is 21.1 Å². The van der Waals surface area contributed by atoms with E-state index in [9.17, 15) is 18.0 Å². The van der Waals surface area contributed by atoms with Crippen LogP contribution in [0.15, 0.2) is 18.2 Å². The van der Waals surface area contributed by atoms with Gasteiger partial charge in [0.1, 0.15) is 0 Å². The van der Waals surface area contributed by atoms with Crippen LogP contribution in [0.2, 0.25) is 5.02 Å². The number of nitrogens with one attached hydrogen (secondary N) is 2. The fourth-order valence-corrected chi connectivity index (χ4v) is 1.95. The van der Waals surface area contributed by atoms with Gasteiger partial charge in [0.2, 0.25) is 0 Å². The molecule has 5 nitrogen and oxygen atoms in total. The number of rotatable bonds is 4. The molecule has 122 valence electrons. The number of urea groups is 1. The summed E-state index contributed by atoms with van der Waals surface area (Å²) in [5.41, 5.74) is 0. The third kappa shape index (κ3) is 3.32. The molecule has 0 bridgehead atoms. The smallest absolute Gasteiger partial charge is 0.424 e. The van der Waals surface area contributed by atoms with Crippen molar-refractivity contribution in [2.24, 2.45) is 0 Å². The van der Waals surface area contributed by atoms with Crippen LogP contribution in [0.5, 0.6) is 11.5 Å². The maximum absolute atomic E-state index is 13.3. The lowest BCUT2D eigenvalue weighted by molar-refractivity contribution is -0.317. The maximum Gasteiger partial charge on any atom is 0.492 e. The molecule has 0 saturated carbocycles. The van der Waals surface area contributed by atoms with Gasteiger partial charge in [-0.25, -0.2) is 4.79 Å². The number of unbranched alkanes of at least 4 members (excludes halogenated alkanes) is 1. The normalized spacial score (nSPS) is 19.9. The van der Waals surface area contributed by atoms with Crippen molar-refractivity contribution in [3.63, 3.8) is 0 Å². The molecule has 1 aliphatic heterocycles. The van der Waals surface area contributed by atoms with E-state index < -0.39 is 18.1 Å². The van der Waals surface area contributed by atoms with Gasteiger partial charge < -0.3 is 14.8 Å². The molecule has 1 atom stereocenters. The van der Waals surface area contributed by atoms with E-state index in [0.717, 1.165) is 6.42 Å². The molecule has 2 N–H and O–H groups in total. The summed E-state index contributed by atoms with van der Waals surface area (Å²) in [5, 5.41) is 4.19. The van der Waals surface area contributed by atoms with Gasteiger partial charge in [0.25, 0.3) is 0 Å². The van der Waals surface area contributed by atoms with Crippen molar-refractivity contribution in [3.8, 4) is 11.5 Å². The molecular formula is C13H14ClF3N2O3. The Hall–Kier alpha value is -1.83. The number of amides is 2. The highest BCUT2D eigenvalue weighted by atomic mass is 35.5. The number of carbonyl (C=O) groups excluding carboxylic acids is 1. The number of benzene rings is 1. The predicted octanol–water partition coefficient (Wildman–Crippen LogP) is 3.43. The molecule has 0 spiro atoms. The number of halogens is 4. The number of fused-ring (bicyclic) bond motifs is 1. The molecule has 1 aliphatic rings. The van der Waals surface area contributed by atoms with Gasteiger partial charge in [0, 0.05) is 17.6 Å². The summed E-state index contributed by atoms with van der Waals surface area (Å²) in [7, 11) is 0. The second-order valence-electron chi connectivity index (χ2n) is 4.64. The van der Waals surface area contributed by atoms with Crippen LogP contribution in [-0.4, -0.2) is 24.7 Å². The second-order valence-corrected chi connectivity index (χ2v) is 5.08. The highest BCUT2D eigenvalue weighted by molar-refractivity contribution is 6.30. The standard InChI is InChI=1S/C13H14ClF3N2O3/c1-2-3-6-18-11(20)19-13(12(15,16)17)21-9-5-4-8(14)7-10(9)22-13/h4-5,7H,2-3,6H2,1H3,(H2,18,19,20)/t13-/m0/s1. The maximum atomic E-state index is 13.3.